The van der Waals surface area contributed by atoms with E-state index in [0.717, 1.165) is 0 Å². The van der Waals surface area contributed by atoms with Gasteiger partial charge in [0.15, 0.2) is 5.65 Å². The van der Waals surface area contributed by atoms with Gasteiger partial charge in [0.25, 0.3) is 5.56 Å². The van der Waals surface area contributed by atoms with Crippen molar-refractivity contribution in [1.29, 1.82) is 5.26 Å². The fourth-order valence-corrected chi connectivity index (χ4v) is 1.96. The molecule has 0 aliphatic carbocycles. The number of fused-ring (bicyclic) bond motifs is 1. The van der Waals surface area contributed by atoms with Gasteiger partial charge in [0.05, 0.1) is 12.3 Å². The largest absolute Gasteiger partial charge is 0.336 e. The van der Waals surface area contributed by atoms with E-state index in [1.54, 1.807) is 14.0 Å². The number of nitriles is 1. The Morgan fingerprint density at radius 2 is 2.23 bits per heavy atom. The molecule has 2 rings (SSSR count). The molecule has 0 aliphatic rings. The fraction of sp³-hybridized carbons (Fsp3) is 0.500. The molecular weight excluding hydrogens is 284 g/mol. The van der Waals surface area contributed by atoms with E-state index in [-0.39, 0.29) is 18.0 Å². The number of carbonyl (C=O) groups excluding carboxylic acids is 1. The van der Waals surface area contributed by atoms with Gasteiger partial charge in [-0.25, -0.2) is 4.98 Å². The molecule has 0 bridgehead atoms. The first kappa shape index (κ1) is 15.7. The molecule has 0 saturated heterocycles. The van der Waals surface area contributed by atoms with Gasteiger partial charge in [-0.2, -0.15) is 10.4 Å². The van der Waals surface area contributed by atoms with Gasteiger partial charge in [0.2, 0.25) is 5.91 Å². The lowest BCUT2D eigenvalue weighted by Gasteiger charge is -2.27. The van der Waals surface area contributed by atoms with Gasteiger partial charge in [-0.15, -0.1) is 0 Å². The maximum atomic E-state index is 12.3. The molecular formula is C14H18N6O2. The summed E-state index contributed by atoms with van der Waals surface area (Å²) in [6, 6.07) is 2.09. The van der Waals surface area contributed by atoms with Crippen LogP contribution < -0.4 is 10.9 Å². The molecule has 22 heavy (non-hydrogen) atoms. The van der Waals surface area contributed by atoms with E-state index >= 15 is 0 Å². The summed E-state index contributed by atoms with van der Waals surface area (Å²) in [5.74, 6) is -0.470. The van der Waals surface area contributed by atoms with Gasteiger partial charge in [-0.3, -0.25) is 18.8 Å². The van der Waals surface area contributed by atoms with Crippen LogP contribution in [0.25, 0.3) is 11.0 Å². The maximum absolute atomic E-state index is 12.3. The molecule has 0 fully saturated rings. The zero-order chi connectivity index (χ0) is 16.5. The van der Waals surface area contributed by atoms with Gasteiger partial charge < -0.3 is 5.32 Å². The van der Waals surface area contributed by atoms with Crippen molar-refractivity contribution in [3.8, 4) is 6.07 Å². The van der Waals surface area contributed by atoms with Gasteiger partial charge in [-0.05, 0) is 12.8 Å². The first-order chi connectivity index (χ1) is 10.3. The first-order valence-corrected chi connectivity index (χ1v) is 6.88. The highest BCUT2D eigenvalue weighted by atomic mass is 16.2. The predicted molar refractivity (Wildman–Crippen MR) is 79.8 cm³/mol. The Morgan fingerprint density at radius 1 is 1.55 bits per heavy atom. The van der Waals surface area contributed by atoms with Crippen LogP contribution in [0.3, 0.4) is 0 Å². The third-order valence-corrected chi connectivity index (χ3v) is 3.82. The smallest absolute Gasteiger partial charge is 0.264 e. The van der Waals surface area contributed by atoms with E-state index in [4.69, 9.17) is 0 Å². The van der Waals surface area contributed by atoms with Crippen LogP contribution in [0.1, 0.15) is 20.8 Å². The molecule has 2 heterocycles. The second-order valence-electron chi connectivity index (χ2n) is 5.70. The Kier molecular flexibility index (Phi) is 3.99. The monoisotopic (exact) mass is 302 g/mol. The summed E-state index contributed by atoms with van der Waals surface area (Å²) in [5.41, 5.74) is -0.853. The van der Waals surface area contributed by atoms with E-state index < -0.39 is 11.4 Å². The molecule has 0 spiro atoms. The second kappa shape index (κ2) is 5.60. The van der Waals surface area contributed by atoms with Crippen LogP contribution in [0.15, 0.2) is 17.3 Å². The molecule has 8 heteroatoms. The van der Waals surface area contributed by atoms with Gasteiger partial charge >= 0.3 is 0 Å². The molecule has 1 unspecified atom stereocenters. The van der Waals surface area contributed by atoms with Crippen molar-refractivity contribution in [2.75, 3.05) is 0 Å². The normalized spacial score (nSPS) is 13.8. The van der Waals surface area contributed by atoms with E-state index in [1.165, 1.54) is 21.8 Å². The molecule has 1 atom stereocenters. The molecule has 8 nitrogen and oxygen atoms in total. The number of rotatable bonds is 4. The lowest BCUT2D eigenvalue weighted by molar-refractivity contribution is -0.123. The number of hydrogen-bond donors (Lipinski definition) is 1. The Morgan fingerprint density at radius 3 is 2.82 bits per heavy atom. The summed E-state index contributed by atoms with van der Waals surface area (Å²) in [6.07, 6.45) is 2.73. The SMILES string of the molecule is CC(C)C(C)(C#N)NC(=O)Cn1cnc2c(cnn2C)c1=O. The van der Waals surface area contributed by atoms with Gasteiger partial charge in [0.1, 0.15) is 23.8 Å². The number of nitrogens with one attached hydrogen (secondary N) is 1. The third kappa shape index (κ3) is 2.70. The van der Waals surface area contributed by atoms with Crippen molar-refractivity contribution in [3.63, 3.8) is 0 Å². The van der Waals surface area contributed by atoms with Crippen LogP contribution in [0.4, 0.5) is 0 Å². The van der Waals surface area contributed by atoms with Crippen molar-refractivity contribution in [3.05, 3.63) is 22.9 Å². The van der Waals surface area contributed by atoms with Crippen LogP contribution in [-0.4, -0.2) is 30.8 Å². The predicted octanol–water partition coefficient (Wildman–Crippen LogP) is 0.184. The van der Waals surface area contributed by atoms with Crippen LogP contribution in [0.2, 0.25) is 0 Å². The van der Waals surface area contributed by atoms with Crippen molar-refractivity contribution < 1.29 is 4.79 Å². The number of aromatic nitrogens is 4. The number of amides is 1. The topological polar surface area (TPSA) is 106 Å². The molecule has 0 saturated carbocycles. The molecule has 2 aromatic rings. The van der Waals surface area contributed by atoms with Gasteiger partial charge in [-0.1, -0.05) is 13.8 Å². The van der Waals surface area contributed by atoms with Crippen LogP contribution >= 0.6 is 0 Å². The molecule has 0 radical (unpaired) electrons. The lowest BCUT2D eigenvalue weighted by Crippen LogP contribution is -2.50. The summed E-state index contributed by atoms with van der Waals surface area (Å²) in [6.45, 7) is 5.15. The highest BCUT2D eigenvalue weighted by molar-refractivity contribution is 5.78. The third-order valence-electron chi connectivity index (χ3n) is 3.82. The Balaban J connectivity index is 2.25. The van der Waals surface area contributed by atoms with Crippen LogP contribution in [0.5, 0.6) is 0 Å². The zero-order valence-corrected chi connectivity index (χ0v) is 13.0. The standard InChI is InChI=1S/C14H18N6O2/c1-9(2)14(3,7-15)18-11(21)6-20-8-16-12-10(13(20)22)5-17-19(12)4/h5,8-9H,6H2,1-4H3,(H,18,21). The average molecular weight is 302 g/mol. The lowest BCUT2D eigenvalue weighted by atomic mass is 9.90. The minimum Gasteiger partial charge on any atom is -0.336 e. The zero-order valence-electron chi connectivity index (χ0n) is 13.0. The van der Waals surface area contributed by atoms with Crippen molar-refractivity contribution >= 4 is 16.9 Å². The molecule has 116 valence electrons. The van der Waals surface area contributed by atoms with E-state index in [9.17, 15) is 14.9 Å². The van der Waals surface area contributed by atoms with E-state index in [1.807, 2.05) is 13.8 Å². The molecule has 0 aliphatic heterocycles. The summed E-state index contributed by atoms with van der Waals surface area (Å²) in [5, 5.41) is 16.2. The molecule has 1 N–H and O–H groups in total. The number of carbonyl (C=O) groups is 1. The summed E-state index contributed by atoms with van der Waals surface area (Å²) in [7, 11) is 1.69. The molecule has 0 aromatic carbocycles. The minimum atomic E-state index is -0.980. The summed E-state index contributed by atoms with van der Waals surface area (Å²) < 4.78 is 2.70. The quantitative estimate of drug-likeness (QED) is 0.867. The average Bonchev–Trinajstić information content (AvgIpc) is 2.83. The number of hydrogen-bond acceptors (Lipinski definition) is 5. The fourth-order valence-electron chi connectivity index (χ4n) is 1.96. The minimum absolute atomic E-state index is 0.0582. The highest BCUT2D eigenvalue weighted by Gasteiger charge is 2.30. The van der Waals surface area contributed by atoms with E-state index in [0.29, 0.717) is 11.0 Å². The van der Waals surface area contributed by atoms with Crippen LogP contribution in [0, 0.1) is 17.2 Å². The highest BCUT2D eigenvalue weighted by Crippen LogP contribution is 2.14. The number of aryl methyl sites for hydroxylation is 1. The number of nitrogens with zero attached hydrogens (tertiary/aromatic N) is 5. The Labute approximate surface area is 127 Å². The van der Waals surface area contributed by atoms with Crippen LogP contribution in [-0.2, 0) is 18.4 Å². The maximum Gasteiger partial charge on any atom is 0.264 e. The Bertz CT molecular complexity index is 813. The Hall–Kier alpha value is -2.69. The molecule has 1 amide bonds. The first-order valence-electron chi connectivity index (χ1n) is 6.88. The molecule has 2 aromatic heterocycles. The van der Waals surface area contributed by atoms with E-state index in [2.05, 4.69) is 21.5 Å². The van der Waals surface area contributed by atoms with Gasteiger partial charge in [0, 0.05) is 7.05 Å². The summed E-state index contributed by atoms with van der Waals surface area (Å²) in [4.78, 5) is 28.5. The summed E-state index contributed by atoms with van der Waals surface area (Å²) >= 11 is 0. The van der Waals surface area contributed by atoms with Crippen molar-refractivity contribution in [2.45, 2.75) is 32.9 Å². The van der Waals surface area contributed by atoms with Crippen molar-refractivity contribution in [2.24, 2.45) is 13.0 Å². The second-order valence-corrected chi connectivity index (χ2v) is 5.70. The van der Waals surface area contributed by atoms with Crippen molar-refractivity contribution in [1.82, 2.24) is 24.6 Å².